The highest BCUT2D eigenvalue weighted by Crippen LogP contribution is 2.38. The zero-order valence-corrected chi connectivity index (χ0v) is 30.2. The van der Waals surface area contributed by atoms with Gasteiger partial charge in [-0.15, -0.1) is 0 Å². The van der Waals surface area contributed by atoms with Crippen LogP contribution in [0.1, 0.15) is 69.2 Å². The zero-order chi connectivity index (χ0) is 40.0. The van der Waals surface area contributed by atoms with Gasteiger partial charge in [0, 0.05) is 48.5 Å². The van der Waals surface area contributed by atoms with E-state index in [1.165, 1.54) is 24.3 Å². The lowest BCUT2D eigenvalue weighted by molar-refractivity contribution is -0.350. The Balaban J connectivity index is 1.89. The fraction of sp³-hybridized carbons (Fsp3) is 0.559. The van der Waals surface area contributed by atoms with Crippen LogP contribution in [0.4, 0.5) is 0 Å². The van der Waals surface area contributed by atoms with E-state index in [4.69, 9.17) is 47.4 Å². The quantitative estimate of drug-likeness (QED) is 0.153. The number of nitrogens with zero attached hydrogens (tertiary/aromatic N) is 1. The summed E-state index contributed by atoms with van der Waals surface area (Å²) in [6, 6.07) is 3.97. The smallest absolute Gasteiger partial charge is 0.305 e. The van der Waals surface area contributed by atoms with E-state index in [2.05, 4.69) is 0 Å². The lowest BCUT2D eigenvalue weighted by Crippen LogP contribution is -2.69. The number of esters is 7. The second-order valence-electron chi connectivity index (χ2n) is 12.2. The van der Waals surface area contributed by atoms with Crippen LogP contribution in [-0.2, 0) is 80.9 Å². The van der Waals surface area contributed by atoms with E-state index in [1.807, 2.05) is 0 Å². The van der Waals surface area contributed by atoms with Gasteiger partial charge in [0.15, 0.2) is 30.7 Å². The van der Waals surface area contributed by atoms with Crippen molar-refractivity contribution in [3.05, 3.63) is 35.4 Å². The Morgan fingerprint density at radius 1 is 0.519 bits per heavy atom. The Morgan fingerprint density at radius 3 is 1.39 bits per heavy atom. The maximum atomic E-state index is 13.8. The maximum absolute atomic E-state index is 13.8. The number of imide groups is 1. The summed E-state index contributed by atoms with van der Waals surface area (Å²) in [5, 5.41) is 0. The van der Waals surface area contributed by atoms with Crippen LogP contribution in [0.15, 0.2) is 24.3 Å². The third-order valence-electron chi connectivity index (χ3n) is 8.01. The van der Waals surface area contributed by atoms with Gasteiger partial charge in [0.05, 0.1) is 11.1 Å². The number of fused-ring (bicyclic) bond motifs is 1. The predicted octanol–water partition coefficient (Wildman–Crippen LogP) is -0.0977. The molecule has 2 fully saturated rings. The van der Waals surface area contributed by atoms with Gasteiger partial charge in [0.25, 0.3) is 11.8 Å². The number of ether oxygens (including phenoxy) is 10. The van der Waals surface area contributed by atoms with E-state index >= 15 is 0 Å². The largest absolute Gasteiger partial charge is 0.463 e. The van der Waals surface area contributed by atoms with Crippen LogP contribution in [0.3, 0.4) is 0 Å². The van der Waals surface area contributed by atoms with Crippen molar-refractivity contribution in [2.24, 2.45) is 0 Å². The maximum Gasteiger partial charge on any atom is 0.305 e. The highest BCUT2D eigenvalue weighted by molar-refractivity contribution is 6.21. The molecule has 1 aromatic rings. The van der Waals surface area contributed by atoms with E-state index in [1.54, 1.807) is 0 Å². The van der Waals surface area contributed by atoms with E-state index in [-0.39, 0.29) is 11.1 Å². The van der Waals surface area contributed by atoms with Gasteiger partial charge >= 0.3 is 41.8 Å². The molecule has 0 radical (unpaired) electrons. The fourth-order valence-electron chi connectivity index (χ4n) is 6.18. The molecular formula is C34H39NO19. The fourth-order valence-corrected chi connectivity index (χ4v) is 6.18. The summed E-state index contributed by atoms with van der Waals surface area (Å²) >= 11 is 0. The first-order valence-electron chi connectivity index (χ1n) is 16.5. The highest BCUT2D eigenvalue weighted by atomic mass is 16.8. The molecule has 20 heteroatoms. The molecule has 2 saturated heterocycles. The minimum atomic E-state index is -1.91. The number of benzene rings is 1. The third kappa shape index (κ3) is 9.74. The Labute approximate surface area is 307 Å². The van der Waals surface area contributed by atoms with Gasteiger partial charge in [-0.25, -0.2) is 0 Å². The standard InChI is InChI=1S/C34H39NO19/c1-14(36)45-12-23-26(54-34-30(50-19(6)41)29(49-18(5)40)27(47-16(3)38)24(53-34)13-46-15(2)37)28(48-17(4)39)25(33(52-23)51-20(7)42)35-31(43)21-10-8-9-11-22(21)32(35)44/h8-11,23-30,33-34H,12-13H2,1-7H3. The lowest BCUT2D eigenvalue weighted by atomic mass is 9.93. The molecule has 0 aliphatic carbocycles. The van der Waals surface area contributed by atoms with Crippen molar-refractivity contribution in [1.82, 2.24) is 4.90 Å². The average molecular weight is 766 g/mol. The molecule has 0 spiro atoms. The van der Waals surface area contributed by atoms with Gasteiger partial charge in [-0.05, 0) is 12.1 Å². The summed E-state index contributed by atoms with van der Waals surface area (Å²) in [5.41, 5.74) is -0.0746. The first-order valence-corrected chi connectivity index (χ1v) is 16.5. The van der Waals surface area contributed by atoms with Crippen molar-refractivity contribution < 1.29 is 90.5 Å². The first-order chi connectivity index (χ1) is 25.4. The SMILES string of the molecule is CC(=O)OCC1OC(OC2C(COC(C)=O)OC(OC(C)=O)C(N3C(=O)c4ccccc4C3=O)C2OC(C)=O)C(OC(C)=O)C(OC(C)=O)C1OC(C)=O. The van der Waals surface area contributed by atoms with Crippen LogP contribution in [0.25, 0.3) is 0 Å². The number of hydrogen-bond donors (Lipinski definition) is 0. The summed E-state index contributed by atoms with van der Waals surface area (Å²) in [6.07, 6.45) is -15.5. The number of rotatable bonds is 12. The Kier molecular flexibility index (Phi) is 13.4. The monoisotopic (exact) mass is 765 g/mol. The van der Waals surface area contributed by atoms with Crippen molar-refractivity contribution >= 4 is 53.6 Å². The Bertz CT molecular complexity index is 1640. The Morgan fingerprint density at radius 2 is 0.926 bits per heavy atom. The molecule has 10 unspecified atom stereocenters. The minimum absolute atomic E-state index is 0.0373. The van der Waals surface area contributed by atoms with Gasteiger partial charge in [0.2, 0.25) is 6.29 Å². The molecule has 0 saturated carbocycles. The molecule has 20 nitrogen and oxygen atoms in total. The van der Waals surface area contributed by atoms with E-state index < -0.39 is 128 Å². The molecular weight excluding hydrogens is 726 g/mol. The molecule has 0 bridgehead atoms. The van der Waals surface area contributed by atoms with Crippen LogP contribution in [0.2, 0.25) is 0 Å². The van der Waals surface area contributed by atoms with Gasteiger partial charge in [0.1, 0.15) is 37.6 Å². The summed E-state index contributed by atoms with van der Waals surface area (Å²) in [6.45, 7) is 5.84. The summed E-state index contributed by atoms with van der Waals surface area (Å²) in [4.78, 5) is 114. The van der Waals surface area contributed by atoms with Crippen molar-refractivity contribution in [2.75, 3.05) is 13.2 Å². The summed E-state index contributed by atoms with van der Waals surface area (Å²) < 4.78 is 56.2. The topological polar surface area (TPSA) is 249 Å². The normalized spacial score (nSPS) is 28.9. The molecule has 4 rings (SSSR count). The summed E-state index contributed by atoms with van der Waals surface area (Å²) in [7, 11) is 0. The van der Waals surface area contributed by atoms with Crippen molar-refractivity contribution in [3.63, 3.8) is 0 Å². The molecule has 54 heavy (non-hydrogen) atoms. The van der Waals surface area contributed by atoms with E-state index in [0.717, 1.165) is 48.5 Å². The molecule has 3 aliphatic rings. The number of carbonyl (C=O) groups is 9. The highest BCUT2D eigenvalue weighted by Gasteiger charge is 2.60. The number of amides is 2. The average Bonchev–Trinajstić information content (AvgIpc) is 3.30. The number of hydrogen-bond acceptors (Lipinski definition) is 19. The predicted molar refractivity (Wildman–Crippen MR) is 170 cm³/mol. The second kappa shape index (κ2) is 17.6. The van der Waals surface area contributed by atoms with Crippen LogP contribution in [0, 0.1) is 0 Å². The molecule has 0 aromatic heterocycles. The molecule has 1 aromatic carbocycles. The zero-order valence-electron chi connectivity index (χ0n) is 30.2. The van der Waals surface area contributed by atoms with Crippen LogP contribution >= 0.6 is 0 Å². The second-order valence-corrected chi connectivity index (χ2v) is 12.2. The van der Waals surface area contributed by atoms with Gasteiger partial charge in [-0.3, -0.25) is 48.1 Å². The van der Waals surface area contributed by atoms with Crippen LogP contribution in [-0.4, -0.2) is 133 Å². The van der Waals surface area contributed by atoms with Crippen molar-refractivity contribution in [2.45, 2.75) is 110 Å². The van der Waals surface area contributed by atoms with Gasteiger partial charge in [-0.1, -0.05) is 12.1 Å². The molecule has 0 N–H and O–H groups in total. The van der Waals surface area contributed by atoms with E-state index in [9.17, 15) is 43.2 Å². The Hall–Kier alpha value is -5.47. The molecule has 10 atom stereocenters. The molecule has 294 valence electrons. The van der Waals surface area contributed by atoms with Crippen LogP contribution in [0.5, 0.6) is 0 Å². The van der Waals surface area contributed by atoms with Crippen LogP contribution < -0.4 is 0 Å². The lowest BCUT2D eigenvalue weighted by Gasteiger charge is -2.49. The van der Waals surface area contributed by atoms with Gasteiger partial charge < -0.3 is 47.4 Å². The van der Waals surface area contributed by atoms with Crippen molar-refractivity contribution in [3.8, 4) is 0 Å². The molecule has 2 amide bonds. The van der Waals surface area contributed by atoms with E-state index in [0.29, 0.717) is 4.90 Å². The number of carbonyl (C=O) groups excluding carboxylic acids is 9. The molecule has 3 aliphatic heterocycles. The first kappa shape index (κ1) is 41.3. The minimum Gasteiger partial charge on any atom is -0.463 e. The van der Waals surface area contributed by atoms with Gasteiger partial charge in [-0.2, -0.15) is 0 Å². The van der Waals surface area contributed by atoms with Crippen molar-refractivity contribution in [1.29, 1.82) is 0 Å². The molecule has 3 heterocycles. The third-order valence-corrected chi connectivity index (χ3v) is 8.01. The summed E-state index contributed by atoms with van der Waals surface area (Å²) in [5.74, 6) is -8.14.